The van der Waals surface area contributed by atoms with Crippen LogP contribution in [0.4, 0.5) is 0 Å². The summed E-state index contributed by atoms with van der Waals surface area (Å²) in [6.45, 7) is 0. The number of benzene rings is 9. The molecular formula is C57H37N3S. The van der Waals surface area contributed by atoms with Crippen LogP contribution in [-0.4, -0.2) is 15.4 Å². The smallest absolute Gasteiger partial charge is 0.105 e. The minimum Gasteiger partial charge on any atom is -0.138 e. The van der Waals surface area contributed by atoms with Crippen LogP contribution in [-0.2, 0) is 0 Å². The predicted octanol–water partition coefficient (Wildman–Crippen LogP) is 15.6. The summed E-state index contributed by atoms with van der Waals surface area (Å²) in [5.74, 6) is 0. The SMILES string of the molecule is c1ccc(-c2ccccc2-c2ccc(-c3ccccc3)c(-c3c(-c4ccccc4-c4ccccc4)ccc4sc5ccccc5c34)c2-c2nnncc2-c2ccccc2)cc1. The molecule has 0 unspecified atom stereocenters. The summed E-state index contributed by atoms with van der Waals surface area (Å²) in [7, 11) is 0. The van der Waals surface area contributed by atoms with Crippen LogP contribution in [0.2, 0.25) is 0 Å². The van der Waals surface area contributed by atoms with Crippen LogP contribution in [0.3, 0.4) is 0 Å². The van der Waals surface area contributed by atoms with Crippen molar-refractivity contribution in [2.45, 2.75) is 0 Å². The summed E-state index contributed by atoms with van der Waals surface area (Å²) >= 11 is 1.84. The molecule has 3 nitrogen and oxygen atoms in total. The van der Waals surface area contributed by atoms with Crippen molar-refractivity contribution in [2.24, 2.45) is 0 Å². The Bertz CT molecular complexity index is 3340. The van der Waals surface area contributed by atoms with Gasteiger partial charge in [0.25, 0.3) is 0 Å². The highest BCUT2D eigenvalue weighted by Crippen LogP contribution is 2.55. The van der Waals surface area contributed by atoms with Gasteiger partial charge in [-0.1, -0.05) is 206 Å². The zero-order valence-corrected chi connectivity index (χ0v) is 33.9. The molecule has 0 bridgehead atoms. The highest BCUT2D eigenvalue weighted by Gasteiger charge is 2.29. The van der Waals surface area contributed by atoms with Crippen molar-refractivity contribution in [3.8, 4) is 89.1 Å². The molecule has 4 heteroatoms. The van der Waals surface area contributed by atoms with Crippen LogP contribution in [0.5, 0.6) is 0 Å². The normalized spacial score (nSPS) is 11.3. The van der Waals surface area contributed by atoms with Gasteiger partial charge in [-0.2, -0.15) is 0 Å². The molecule has 286 valence electrons. The molecule has 2 heterocycles. The number of hydrogen-bond acceptors (Lipinski definition) is 4. The minimum absolute atomic E-state index is 0.769. The van der Waals surface area contributed by atoms with E-state index in [0.29, 0.717) is 0 Å². The highest BCUT2D eigenvalue weighted by molar-refractivity contribution is 7.26. The topological polar surface area (TPSA) is 38.7 Å². The molecule has 0 spiro atoms. The molecule has 0 radical (unpaired) electrons. The van der Waals surface area contributed by atoms with Gasteiger partial charge in [0, 0.05) is 42.4 Å². The van der Waals surface area contributed by atoms with Gasteiger partial charge in [0.1, 0.15) is 5.69 Å². The fraction of sp³-hybridized carbons (Fsp3) is 0. The van der Waals surface area contributed by atoms with Crippen molar-refractivity contribution in [2.75, 3.05) is 0 Å². The molecule has 0 fully saturated rings. The number of rotatable bonds is 8. The Hall–Kier alpha value is -7.79. The van der Waals surface area contributed by atoms with Gasteiger partial charge in [-0.25, -0.2) is 0 Å². The Morgan fingerprint density at radius 2 is 0.738 bits per heavy atom. The van der Waals surface area contributed by atoms with Gasteiger partial charge < -0.3 is 0 Å². The summed E-state index contributed by atoms with van der Waals surface area (Å²) in [6.07, 6.45) is 1.87. The number of aromatic nitrogens is 3. The van der Waals surface area contributed by atoms with E-state index in [9.17, 15) is 0 Å². The maximum Gasteiger partial charge on any atom is 0.105 e. The maximum atomic E-state index is 5.07. The van der Waals surface area contributed by atoms with Gasteiger partial charge in [0.05, 0.1) is 6.20 Å². The van der Waals surface area contributed by atoms with E-state index in [0.717, 1.165) is 78.0 Å². The Balaban J connectivity index is 1.38. The molecule has 0 atom stereocenters. The van der Waals surface area contributed by atoms with Crippen LogP contribution < -0.4 is 0 Å². The quantitative estimate of drug-likeness (QED) is 0.154. The standard InChI is InChI=1S/C57H37N3S/c1-5-19-38(20-6-1)42-27-13-15-29-45(42)47-35-36-52-53(49-31-17-18-32-51(49)61-52)55(47)54-44(40-23-9-3-10-24-40)33-34-48(46-30-16-14-28-43(46)39-21-7-2-8-22-39)56(54)57-50(37-58-60-59-57)41-25-11-4-12-26-41/h1-37H. The van der Waals surface area contributed by atoms with Gasteiger partial charge in [0.15, 0.2) is 0 Å². The molecule has 0 aliphatic rings. The first kappa shape index (κ1) is 36.3. The second-order valence-electron chi connectivity index (χ2n) is 15.1. The van der Waals surface area contributed by atoms with Crippen molar-refractivity contribution in [3.63, 3.8) is 0 Å². The number of hydrogen-bond donors (Lipinski definition) is 0. The second-order valence-corrected chi connectivity index (χ2v) is 16.2. The third-order valence-corrected chi connectivity index (χ3v) is 12.8. The Labute approximate surface area is 358 Å². The van der Waals surface area contributed by atoms with Crippen molar-refractivity contribution in [1.82, 2.24) is 15.4 Å². The van der Waals surface area contributed by atoms with Crippen molar-refractivity contribution in [3.05, 3.63) is 225 Å². The van der Waals surface area contributed by atoms with Crippen molar-refractivity contribution in [1.29, 1.82) is 0 Å². The van der Waals surface area contributed by atoms with Gasteiger partial charge in [-0.3, -0.25) is 0 Å². The molecule has 0 saturated carbocycles. The minimum atomic E-state index is 0.769. The maximum absolute atomic E-state index is 5.07. The predicted molar refractivity (Wildman–Crippen MR) is 256 cm³/mol. The van der Waals surface area contributed by atoms with E-state index in [4.69, 9.17) is 5.10 Å². The molecule has 0 saturated heterocycles. The lowest BCUT2D eigenvalue weighted by Gasteiger charge is -2.25. The molecule has 2 aromatic heterocycles. The lowest BCUT2D eigenvalue weighted by atomic mass is 9.78. The van der Waals surface area contributed by atoms with E-state index in [1.54, 1.807) is 0 Å². The summed E-state index contributed by atoms with van der Waals surface area (Å²) in [6, 6.07) is 78.3. The van der Waals surface area contributed by atoms with Gasteiger partial charge in [-0.05, 0) is 78.5 Å². The molecule has 9 aromatic carbocycles. The third-order valence-electron chi connectivity index (χ3n) is 11.6. The average molecular weight is 796 g/mol. The van der Waals surface area contributed by atoms with Crippen LogP contribution in [0, 0.1) is 0 Å². The Morgan fingerprint density at radius 1 is 0.295 bits per heavy atom. The zero-order valence-electron chi connectivity index (χ0n) is 33.1. The highest BCUT2D eigenvalue weighted by atomic mass is 32.1. The summed E-state index contributed by atoms with van der Waals surface area (Å²) in [5, 5.41) is 16.4. The van der Waals surface area contributed by atoms with E-state index in [-0.39, 0.29) is 0 Å². The average Bonchev–Trinajstić information content (AvgIpc) is 3.73. The Kier molecular flexibility index (Phi) is 9.38. The molecule has 0 aliphatic carbocycles. The largest absolute Gasteiger partial charge is 0.138 e. The van der Waals surface area contributed by atoms with Crippen LogP contribution in [0.15, 0.2) is 225 Å². The first-order valence-corrected chi connectivity index (χ1v) is 21.3. The number of fused-ring (bicyclic) bond motifs is 3. The van der Waals surface area contributed by atoms with E-state index in [1.165, 1.54) is 31.3 Å². The Morgan fingerprint density at radius 3 is 1.33 bits per heavy atom. The summed E-state index contributed by atoms with van der Waals surface area (Å²) < 4.78 is 2.47. The molecule has 61 heavy (non-hydrogen) atoms. The van der Waals surface area contributed by atoms with Crippen LogP contribution in [0.1, 0.15) is 0 Å². The summed E-state index contributed by atoms with van der Waals surface area (Å²) in [5.41, 5.74) is 17.3. The molecular weight excluding hydrogens is 759 g/mol. The lowest BCUT2D eigenvalue weighted by Crippen LogP contribution is -2.02. The fourth-order valence-electron chi connectivity index (χ4n) is 8.95. The van der Waals surface area contributed by atoms with E-state index in [1.807, 2.05) is 23.6 Å². The second kappa shape index (κ2) is 15.8. The van der Waals surface area contributed by atoms with E-state index >= 15 is 0 Å². The monoisotopic (exact) mass is 795 g/mol. The number of nitrogens with zero attached hydrogens (tertiary/aromatic N) is 3. The van der Waals surface area contributed by atoms with Crippen molar-refractivity contribution < 1.29 is 0 Å². The summed E-state index contributed by atoms with van der Waals surface area (Å²) in [4.78, 5) is 0. The van der Waals surface area contributed by atoms with Gasteiger partial charge in [-0.15, -0.1) is 21.5 Å². The molecule has 0 aliphatic heterocycles. The molecule has 0 N–H and O–H groups in total. The van der Waals surface area contributed by atoms with Gasteiger partial charge in [0.2, 0.25) is 0 Å². The zero-order chi connectivity index (χ0) is 40.5. The third kappa shape index (κ3) is 6.51. The van der Waals surface area contributed by atoms with Crippen LogP contribution in [0.25, 0.3) is 109 Å². The first-order chi connectivity index (χ1) is 30.3. The van der Waals surface area contributed by atoms with Crippen LogP contribution >= 0.6 is 11.3 Å². The first-order valence-electron chi connectivity index (χ1n) is 20.5. The molecule has 11 aromatic rings. The van der Waals surface area contributed by atoms with E-state index in [2.05, 4.69) is 223 Å². The molecule has 0 amide bonds. The number of thiophene rings is 1. The molecule has 11 rings (SSSR count). The lowest BCUT2D eigenvalue weighted by molar-refractivity contribution is 0.873. The van der Waals surface area contributed by atoms with E-state index < -0.39 is 0 Å². The van der Waals surface area contributed by atoms with Gasteiger partial charge >= 0.3 is 0 Å². The fourth-order valence-corrected chi connectivity index (χ4v) is 10.1. The van der Waals surface area contributed by atoms with Crippen molar-refractivity contribution >= 4 is 31.5 Å².